The van der Waals surface area contributed by atoms with E-state index >= 15 is 0 Å². The first-order valence-electron chi connectivity index (χ1n) is 6.86. The molecule has 2 fully saturated rings. The number of hydrogen-bond donors (Lipinski definition) is 2. The molecule has 6 heteroatoms. The Kier molecular flexibility index (Phi) is 3.99. The minimum atomic E-state index is -0.511. The lowest BCUT2D eigenvalue weighted by molar-refractivity contribution is -0.121. The van der Waals surface area contributed by atoms with E-state index < -0.39 is 5.60 Å². The van der Waals surface area contributed by atoms with E-state index in [-0.39, 0.29) is 24.1 Å². The summed E-state index contributed by atoms with van der Waals surface area (Å²) in [5.41, 5.74) is -0.511. The van der Waals surface area contributed by atoms with Crippen molar-refractivity contribution in [1.29, 1.82) is 0 Å². The minimum Gasteiger partial charge on any atom is -0.444 e. The molecule has 0 saturated carbocycles. The quantitative estimate of drug-likeness (QED) is 0.671. The Balaban J connectivity index is 2.12. The Bertz CT molecular complexity index is 365. The van der Waals surface area contributed by atoms with Gasteiger partial charge in [-0.3, -0.25) is 4.79 Å². The number of ether oxygens (including phenoxy) is 1. The van der Waals surface area contributed by atoms with Crippen LogP contribution < -0.4 is 10.6 Å². The van der Waals surface area contributed by atoms with Gasteiger partial charge in [-0.1, -0.05) is 0 Å². The van der Waals surface area contributed by atoms with Crippen LogP contribution in [0.3, 0.4) is 0 Å². The van der Waals surface area contributed by atoms with Crippen molar-refractivity contribution in [3.05, 3.63) is 0 Å². The Labute approximate surface area is 113 Å². The predicted molar refractivity (Wildman–Crippen MR) is 70.8 cm³/mol. The zero-order valence-electron chi connectivity index (χ0n) is 11.9. The molecule has 2 aliphatic heterocycles. The van der Waals surface area contributed by atoms with Crippen LogP contribution in [-0.2, 0) is 9.53 Å². The molecule has 0 aromatic carbocycles. The third-order valence-corrected chi connectivity index (χ3v) is 3.40. The molecule has 0 radical (unpaired) electrons. The van der Waals surface area contributed by atoms with E-state index in [0.29, 0.717) is 19.5 Å². The number of carbonyl (C=O) groups is 2. The highest BCUT2D eigenvalue weighted by Gasteiger charge is 2.38. The third-order valence-electron chi connectivity index (χ3n) is 3.40. The van der Waals surface area contributed by atoms with Gasteiger partial charge in [0.15, 0.2) is 0 Å². The van der Waals surface area contributed by atoms with Gasteiger partial charge in [0.1, 0.15) is 5.60 Å². The number of hydrogen-bond acceptors (Lipinski definition) is 4. The summed E-state index contributed by atoms with van der Waals surface area (Å²) in [4.78, 5) is 25.7. The summed E-state index contributed by atoms with van der Waals surface area (Å²) >= 11 is 0. The highest BCUT2D eigenvalue weighted by Crippen LogP contribution is 2.19. The van der Waals surface area contributed by atoms with Crippen LogP contribution in [0.1, 0.15) is 33.6 Å². The molecular formula is C13H23N3O3. The largest absolute Gasteiger partial charge is 0.444 e. The van der Waals surface area contributed by atoms with Gasteiger partial charge in [-0.05, 0) is 33.7 Å². The van der Waals surface area contributed by atoms with Gasteiger partial charge in [0.2, 0.25) is 5.91 Å². The molecule has 2 amide bonds. The van der Waals surface area contributed by atoms with E-state index in [1.54, 1.807) is 4.90 Å². The molecule has 0 aliphatic carbocycles. The van der Waals surface area contributed by atoms with E-state index in [1.165, 1.54) is 0 Å². The molecule has 2 heterocycles. The van der Waals surface area contributed by atoms with Crippen molar-refractivity contribution in [2.45, 2.75) is 51.3 Å². The molecule has 0 spiro atoms. The lowest BCUT2D eigenvalue weighted by Crippen LogP contribution is -2.59. The molecule has 0 aromatic rings. The topological polar surface area (TPSA) is 70.7 Å². The van der Waals surface area contributed by atoms with Crippen molar-refractivity contribution >= 4 is 12.0 Å². The molecule has 2 atom stereocenters. The number of carbonyl (C=O) groups excluding carboxylic acids is 2. The van der Waals surface area contributed by atoms with Gasteiger partial charge < -0.3 is 20.3 Å². The van der Waals surface area contributed by atoms with Crippen LogP contribution in [0.4, 0.5) is 4.79 Å². The van der Waals surface area contributed by atoms with Gasteiger partial charge >= 0.3 is 6.09 Å². The number of rotatable bonds is 0. The summed E-state index contributed by atoms with van der Waals surface area (Å²) in [6.07, 6.45) is 0.858. The summed E-state index contributed by atoms with van der Waals surface area (Å²) in [6.45, 7) is 7.55. The Morgan fingerprint density at radius 1 is 1.42 bits per heavy atom. The van der Waals surface area contributed by atoms with E-state index in [9.17, 15) is 9.59 Å². The molecular weight excluding hydrogens is 246 g/mol. The second-order valence-corrected chi connectivity index (χ2v) is 6.16. The van der Waals surface area contributed by atoms with E-state index in [2.05, 4.69) is 10.6 Å². The van der Waals surface area contributed by atoms with Crippen molar-refractivity contribution in [2.75, 3.05) is 19.6 Å². The second-order valence-electron chi connectivity index (χ2n) is 6.16. The molecule has 0 aromatic heterocycles. The number of piperidine rings is 1. The summed E-state index contributed by atoms with van der Waals surface area (Å²) < 4.78 is 5.44. The molecule has 2 saturated heterocycles. The Morgan fingerprint density at radius 2 is 2.16 bits per heavy atom. The monoisotopic (exact) mass is 269 g/mol. The zero-order chi connectivity index (χ0) is 14.0. The van der Waals surface area contributed by atoms with Crippen LogP contribution in [0, 0.1) is 0 Å². The molecule has 108 valence electrons. The molecule has 6 nitrogen and oxygen atoms in total. The number of amides is 2. The summed E-state index contributed by atoms with van der Waals surface area (Å²) in [5.74, 6) is 0.00441. The summed E-state index contributed by atoms with van der Waals surface area (Å²) in [5, 5.41) is 6.22. The predicted octanol–water partition coefficient (Wildman–Crippen LogP) is 0.474. The van der Waals surface area contributed by atoms with Gasteiger partial charge in [-0.15, -0.1) is 0 Å². The first kappa shape index (κ1) is 14.1. The van der Waals surface area contributed by atoms with E-state index in [0.717, 1.165) is 13.0 Å². The SMILES string of the molecule is CC(C)(C)OC(=O)N1CCC(=O)N[C@@H]2CNCC[C@@H]21. The third kappa shape index (κ3) is 3.59. The average molecular weight is 269 g/mol. The molecule has 0 bridgehead atoms. The maximum atomic E-state index is 12.3. The summed E-state index contributed by atoms with van der Waals surface area (Å²) in [6, 6.07) is 0.0128. The van der Waals surface area contributed by atoms with Gasteiger partial charge in [-0.25, -0.2) is 4.79 Å². The van der Waals surface area contributed by atoms with Crippen LogP contribution in [0.25, 0.3) is 0 Å². The van der Waals surface area contributed by atoms with Crippen molar-refractivity contribution in [1.82, 2.24) is 15.5 Å². The van der Waals surface area contributed by atoms with Crippen molar-refractivity contribution in [3.8, 4) is 0 Å². The standard InChI is InChI=1S/C13H23N3O3/c1-13(2,3)19-12(18)16-7-5-11(17)15-9-8-14-6-4-10(9)16/h9-10,14H,4-8H2,1-3H3,(H,15,17)/t9-,10+/m1/s1. The molecule has 2 aliphatic rings. The first-order valence-corrected chi connectivity index (χ1v) is 6.86. The van der Waals surface area contributed by atoms with E-state index in [4.69, 9.17) is 4.74 Å². The second kappa shape index (κ2) is 5.36. The maximum absolute atomic E-state index is 12.3. The lowest BCUT2D eigenvalue weighted by atomic mass is 10.00. The fraction of sp³-hybridized carbons (Fsp3) is 0.846. The Morgan fingerprint density at radius 3 is 2.84 bits per heavy atom. The average Bonchev–Trinajstić information content (AvgIpc) is 2.45. The van der Waals surface area contributed by atoms with Crippen molar-refractivity contribution in [2.24, 2.45) is 0 Å². The molecule has 2 N–H and O–H groups in total. The van der Waals surface area contributed by atoms with Crippen LogP contribution in [0.2, 0.25) is 0 Å². The smallest absolute Gasteiger partial charge is 0.410 e. The van der Waals surface area contributed by atoms with Gasteiger partial charge in [0.05, 0.1) is 12.1 Å². The van der Waals surface area contributed by atoms with Gasteiger partial charge in [-0.2, -0.15) is 0 Å². The normalized spacial score (nSPS) is 28.2. The minimum absolute atomic E-state index is 0.00441. The molecule has 0 unspecified atom stereocenters. The summed E-state index contributed by atoms with van der Waals surface area (Å²) in [7, 11) is 0. The van der Waals surface area contributed by atoms with Crippen LogP contribution >= 0.6 is 0 Å². The van der Waals surface area contributed by atoms with E-state index in [1.807, 2.05) is 20.8 Å². The maximum Gasteiger partial charge on any atom is 0.410 e. The van der Waals surface area contributed by atoms with Gasteiger partial charge in [0.25, 0.3) is 0 Å². The van der Waals surface area contributed by atoms with Crippen LogP contribution in [0.5, 0.6) is 0 Å². The first-order chi connectivity index (χ1) is 8.87. The van der Waals surface area contributed by atoms with Crippen molar-refractivity contribution in [3.63, 3.8) is 0 Å². The van der Waals surface area contributed by atoms with Crippen molar-refractivity contribution < 1.29 is 14.3 Å². The number of nitrogens with one attached hydrogen (secondary N) is 2. The highest BCUT2D eigenvalue weighted by molar-refractivity contribution is 5.78. The van der Waals surface area contributed by atoms with Crippen LogP contribution in [0.15, 0.2) is 0 Å². The fourth-order valence-corrected chi connectivity index (χ4v) is 2.58. The zero-order valence-corrected chi connectivity index (χ0v) is 11.9. The fourth-order valence-electron chi connectivity index (χ4n) is 2.58. The number of nitrogens with zero attached hydrogens (tertiary/aromatic N) is 1. The highest BCUT2D eigenvalue weighted by atomic mass is 16.6. The van der Waals surface area contributed by atoms with Crippen LogP contribution in [-0.4, -0.2) is 54.2 Å². The van der Waals surface area contributed by atoms with Gasteiger partial charge in [0, 0.05) is 19.5 Å². The lowest BCUT2D eigenvalue weighted by Gasteiger charge is -2.38. The molecule has 19 heavy (non-hydrogen) atoms. The Hall–Kier alpha value is -1.30. The number of fused-ring (bicyclic) bond motifs is 1. The molecule has 2 rings (SSSR count).